The van der Waals surface area contributed by atoms with Gasteiger partial charge in [0.05, 0.1) is 11.8 Å². The van der Waals surface area contributed by atoms with Crippen molar-refractivity contribution in [3.05, 3.63) is 53.1 Å². The second kappa shape index (κ2) is 6.25. The number of aryl methyl sites for hydroxylation is 1. The highest BCUT2D eigenvalue weighted by atomic mass is 16.5. The number of hydrogen-bond acceptors (Lipinski definition) is 4. The minimum atomic E-state index is -0.659. The van der Waals surface area contributed by atoms with E-state index in [0.717, 1.165) is 11.1 Å². The number of fused-ring (bicyclic) bond motifs is 1. The van der Waals surface area contributed by atoms with E-state index in [4.69, 9.17) is 15.7 Å². The first-order valence-corrected chi connectivity index (χ1v) is 7.81. The van der Waals surface area contributed by atoms with E-state index in [2.05, 4.69) is 0 Å². The Morgan fingerprint density at radius 3 is 2.83 bits per heavy atom. The molecule has 0 saturated heterocycles. The molecule has 0 saturated carbocycles. The minimum Gasteiger partial charge on any atom is -0.478 e. The fourth-order valence-corrected chi connectivity index (χ4v) is 2.94. The van der Waals surface area contributed by atoms with Gasteiger partial charge in [0.2, 0.25) is 0 Å². The number of nitrogens with zero attached hydrogens (tertiary/aromatic N) is 2. The number of benzene rings is 2. The normalized spacial score (nSPS) is 16.3. The number of nitrogens with two attached hydrogens (primary N) is 1. The molecule has 5 nitrogen and oxygen atoms in total. The Morgan fingerprint density at radius 2 is 2.08 bits per heavy atom. The maximum atomic E-state index is 12.8. The van der Waals surface area contributed by atoms with Gasteiger partial charge >= 0.3 is 0 Å². The molecule has 1 aliphatic rings. The third-order valence-electron chi connectivity index (χ3n) is 4.44. The average molecular weight is 321 g/mol. The third kappa shape index (κ3) is 2.79. The number of carbonyl (C=O) groups is 1. The van der Waals surface area contributed by atoms with Gasteiger partial charge in [0.15, 0.2) is 6.10 Å². The molecule has 5 heteroatoms. The molecule has 0 bridgehead atoms. The first-order valence-electron chi connectivity index (χ1n) is 7.81. The second-order valence-corrected chi connectivity index (χ2v) is 5.98. The predicted molar refractivity (Wildman–Crippen MR) is 92.9 cm³/mol. The Balaban J connectivity index is 1.96. The molecule has 0 aliphatic carbocycles. The zero-order valence-electron chi connectivity index (χ0n) is 13.7. The minimum absolute atomic E-state index is 0.0115. The summed E-state index contributed by atoms with van der Waals surface area (Å²) in [6, 6.07) is 13.2. The summed E-state index contributed by atoms with van der Waals surface area (Å²) in [6.07, 6.45) is -0.198. The van der Waals surface area contributed by atoms with E-state index in [9.17, 15) is 4.79 Å². The highest BCUT2D eigenvalue weighted by Crippen LogP contribution is 2.36. The lowest BCUT2D eigenvalue weighted by Crippen LogP contribution is -2.47. The molecule has 24 heavy (non-hydrogen) atoms. The van der Waals surface area contributed by atoms with Crippen LogP contribution in [0.2, 0.25) is 0 Å². The van der Waals surface area contributed by atoms with E-state index in [-0.39, 0.29) is 12.5 Å². The molecule has 1 atom stereocenters. The Kier molecular flexibility index (Phi) is 4.13. The van der Waals surface area contributed by atoms with Gasteiger partial charge in [-0.05, 0) is 42.7 Å². The number of amides is 1. The summed E-state index contributed by atoms with van der Waals surface area (Å²) in [5, 5.41) is 9.06. The van der Waals surface area contributed by atoms with Gasteiger partial charge in [0.1, 0.15) is 12.3 Å². The van der Waals surface area contributed by atoms with Gasteiger partial charge in [-0.2, -0.15) is 5.26 Å². The fraction of sp³-hybridized carbons (Fsp3) is 0.263. The molecular formula is C19H19N3O2. The number of anilines is 2. The van der Waals surface area contributed by atoms with Crippen LogP contribution in [-0.2, 0) is 11.2 Å². The summed E-state index contributed by atoms with van der Waals surface area (Å²) in [5.41, 5.74) is 10.4. The molecule has 1 amide bonds. The number of carbonyl (C=O) groups excluding carboxylic acids is 1. The van der Waals surface area contributed by atoms with Crippen molar-refractivity contribution < 1.29 is 9.53 Å². The van der Waals surface area contributed by atoms with Gasteiger partial charge in [0, 0.05) is 18.2 Å². The van der Waals surface area contributed by atoms with E-state index < -0.39 is 6.10 Å². The fourth-order valence-electron chi connectivity index (χ4n) is 2.94. The van der Waals surface area contributed by atoms with E-state index in [1.165, 1.54) is 10.5 Å². The smallest absolute Gasteiger partial charge is 0.269 e. The quantitative estimate of drug-likeness (QED) is 0.696. The van der Waals surface area contributed by atoms with Gasteiger partial charge in [-0.25, -0.2) is 0 Å². The van der Waals surface area contributed by atoms with Crippen molar-refractivity contribution in [2.24, 2.45) is 0 Å². The van der Waals surface area contributed by atoms with Crippen molar-refractivity contribution >= 4 is 17.3 Å². The SMILES string of the molecule is Cc1cccc(CC2Oc3cc(N)ccc3N(CC#N)C2=O)c1C. The van der Waals surface area contributed by atoms with E-state index in [1.807, 2.05) is 38.1 Å². The number of ether oxygens (including phenoxy) is 1. The van der Waals surface area contributed by atoms with Crippen LogP contribution in [-0.4, -0.2) is 18.6 Å². The average Bonchev–Trinajstić information content (AvgIpc) is 2.55. The lowest BCUT2D eigenvalue weighted by Gasteiger charge is -2.33. The first kappa shape index (κ1) is 15.9. The summed E-state index contributed by atoms with van der Waals surface area (Å²) in [4.78, 5) is 14.2. The van der Waals surface area contributed by atoms with Gasteiger partial charge < -0.3 is 10.5 Å². The standard InChI is InChI=1S/C19H19N3O2/c1-12-4-3-5-14(13(12)2)10-18-19(23)22(9-8-20)16-7-6-15(21)11-17(16)24-18/h3-7,11,18H,9-10,21H2,1-2H3. The van der Waals surface area contributed by atoms with Gasteiger partial charge in [-0.15, -0.1) is 0 Å². The highest BCUT2D eigenvalue weighted by Gasteiger charge is 2.34. The summed E-state index contributed by atoms with van der Waals surface area (Å²) in [6.45, 7) is 4.07. The van der Waals surface area contributed by atoms with Crippen LogP contribution in [0.4, 0.5) is 11.4 Å². The molecule has 2 N–H and O–H groups in total. The van der Waals surface area contributed by atoms with Crippen LogP contribution < -0.4 is 15.4 Å². The lowest BCUT2D eigenvalue weighted by molar-refractivity contribution is -0.126. The highest BCUT2D eigenvalue weighted by molar-refractivity contribution is 6.00. The summed E-state index contributed by atoms with van der Waals surface area (Å²) in [7, 11) is 0. The van der Waals surface area contributed by atoms with Gasteiger partial charge in [-0.3, -0.25) is 9.69 Å². The molecule has 1 unspecified atom stereocenters. The Hall–Kier alpha value is -3.00. The number of rotatable bonds is 3. The van der Waals surface area contributed by atoms with Crippen molar-refractivity contribution in [3.63, 3.8) is 0 Å². The first-order chi connectivity index (χ1) is 11.5. The van der Waals surface area contributed by atoms with Crippen LogP contribution in [0.1, 0.15) is 16.7 Å². The molecule has 0 spiro atoms. The van der Waals surface area contributed by atoms with E-state index in [0.29, 0.717) is 23.5 Å². The number of nitriles is 1. The van der Waals surface area contributed by atoms with Gasteiger partial charge in [0.25, 0.3) is 5.91 Å². The van der Waals surface area contributed by atoms with Crippen LogP contribution in [0.3, 0.4) is 0 Å². The molecule has 2 aromatic carbocycles. The zero-order valence-corrected chi connectivity index (χ0v) is 13.7. The van der Waals surface area contributed by atoms with E-state index in [1.54, 1.807) is 18.2 Å². The lowest BCUT2D eigenvalue weighted by atomic mass is 9.97. The predicted octanol–water partition coefficient (Wildman–Crippen LogP) is 2.75. The van der Waals surface area contributed by atoms with Crippen molar-refractivity contribution in [1.29, 1.82) is 5.26 Å². The van der Waals surface area contributed by atoms with Gasteiger partial charge in [-0.1, -0.05) is 18.2 Å². The Labute approximate surface area is 141 Å². The van der Waals surface area contributed by atoms with Crippen molar-refractivity contribution in [3.8, 4) is 11.8 Å². The third-order valence-corrected chi connectivity index (χ3v) is 4.44. The van der Waals surface area contributed by atoms with Crippen LogP contribution in [0, 0.1) is 25.2 Å². The van der Waals surface area contributed by atoms with E-state index >= 15 is 0 Å². The molecule has 0 aromatic heterocycles. The zero-order chi connectivity index (χ0) is 17.3. The molecule has 1 aliphatic heterocycles. The van der Waals surface area contributed by atoms with Crippen LogP contribution in [0.15, 0.2) is 36.4 Å². The number of nitrogen functional groups attached to an aromatic ring is 1. The number of hydrogen-bond donors (Lipinski definition) is 1. The monoisotopic (exact) mass is 321 g/mol. The summed E-state index contributed by atoms with van der Waals surface area (Å²) < 4.78 is 5.92. The van der Waals surface area contributed by atoms with Crippen molar-refractivity contribution in [2.45, 2.75) is 26.4 Å². The van der Waals surface area contributed by atoms with Crippen LogP contribution in [0.5, 0.6) is 5.75 Å². The van der Waals surface area contributed by atoms with Crippen LogP contribution >= 0.6 is 0 Å². The molecule has 2 aromatic rings. The summed E-state index contributed by atoms with van der Waals surface area (Å²) in [5.74, 6) is 0.342. The maximum absolute atomic E-state index is 12.8. The Bertz CT molecular complexity index is 839. The molecule has 0 radical (unpaired) electrons. The second-order valence-electron chi connectivity index (χ2n) is 5.98. The molecule has 1 heterocycles. The van der Waals surface area contributed by atoms with Crippen LogP contribution in [0.25, 0.3) is 0 Å². The Morgan fingerprint density at radius 1 is 1.29 bits per heavy atom. The van der Waals surface area contributed by atoms with Crippen molar-refractivity contribution in [1.82, 2.24) is 0 Å². The molecule has 122 valence electrons. The molecular weight excluding hydrogens is 302 g/mol. The molecule has 3 rings (SSSR count). The topological polar surface area (TPSA) is 79.3 Å². The largest absolute Gasteiger partial charge is 0.478 e. The van der Waals surface area contributed by atoms with Crippen molar-refractivity contribution in [2.75, 3.05) is 17.2 Å². The molecule has 0 fully saturated rings. The summed E-state index contributed by atoms with van der Waals surface area (Å²) >= 11 is 0. The maximum Gasteiger partial charge on any atom is 0.269 e.